The highest BCUT2D eigenvalue weighted by Crippen LogP contribution is 2.26. The summed E-state index contributed by atoms with van der Waals surface area (Å²) in [5.74, 6) is -0.203. The van der Waals surface area contributed by atoms with Crippen molar-refractivity contribution in [3.8, 4) is 5.75 Å². The molecule has 16 heavy (non-hydrogen) atoms. The van der Waals surface area contributed by atoms with Crippen LogP contribution in [0.15, 0.2) is 18.2 Å². The Balaban J connectivity index is 2.58. The van der Waals surface area contributed by atoms with Crippen molar-refractivity contribution in [2.45, 2.75) is 32.8 Å². The van der Waals surface area contributed by atoms with E-state index in [1.165, 1.54) is 0 Å². The standard InChI is InChI=1S/C12H15ClO3/c1-8-3-5-10(13)11(7-8)16-9(2)4-6-12(14)15/h3,5,7,9H,4,6H2,1-2H3,(H,14,15). The zero-order chi connectivity index (χ0) is 12.1. The molecule has 0 saturated carbocycles. The molecule has 0 spiro atoms. The van der Waals surface area contributed by atoms with Crippen molar-refractivity contribution < 1.29 is 14.6 Å². The highest BCUT2D eigenvalue weighted by atomic mass is 35.5. The molecule has 0 amide bonds. The van der Waals surface area contributed by atoms with Crippen molar-refractivity contribution in [2.24, 2.45) is 0 Å². The maximum atomic E-state index is 10.4. The molecule has 0 radical (unpaired) electrons. The number of hydrogen-bond acceptors (Lipinski definition) is 2. The summed E-state index contributed by atoms with van der Waals surface area (Å²) in [7, 11) is 0. The van der Waals surface area contributed by atoms with E-state index in [4.69, 9.17) is 21.4 Å². The fourth-order valence-corrected chi connectivity index (χ4v) is 1.47. The summed E-state index contributed by atoms with van der Waals surface area (Å²) >= 11 is 5.96. The van der Waals surface area contributed by atoms with Gasteiger partial charge in [0.2, 0.25) is 0 Å². The van der Waals surface area contributed by atoms with Crippen LogP contribution in [-0.2, 0) is 4.79 Å². The summed E-state index contributed by atoms with van der Waals surface area (Å²) in [6.07, 6.45) is 0.417. The zero-order valence-corrected chi connectivity index (χ0v) is 10.1. The van der Waals surface area contributed by atoms with E-state index in [9.17, 15) is 4.79 Å². The van der Waals surface area contributed by atoms with E-state index in [1.807, 2.05) is 26.0 Å². The molecule has 0 bridgehead atoms. The molecule has 3 nitrogen and oxygen atoms in total. The first kappa shape index (κ1) is 12.8. The van der Waals surface area contributed by atoms with Gasteiger partial charge in [0.1, 0.15) is 5.75 Å². The minimum absolute atomic E-state index is 0.102. The molecular formula is C12H15ClO3. The van der Waals surface area contributed by atoms with E-state index in [0.29, 0.717) is 17.2 Å². The van der Waals surface area contributed by atoms with Crippen molar-refractivity contribution in [2.75, 3.05) is 0 Å². The summed E-state index contributed by atoms with van der Waals surface area (Å²) in [6.45, 7) is 3.78. The van der Waals surface area contributed by atoms with Crippen LogP contribution < -0.4 is 4.74 Å². The first-order valence-electron chi connectivity index (χ1n) is 5.13. The number of aryl methyl sites for hydroxylation is 1. The highest BCUT2D eigenvalue weighted by molar-refractivity contribution is 6.32. The number of rotatable bonds is 5. The fourth-order valence-electron chi connectivity index (χ4n) is 1.30. The number of carbonyl (C=O) groups is 1. The second-order valence-corrected chi connectivity index (χ2v) is 4.20. The van der Waals surface area contributed by atoms with Gasteiger partial charge in [-0.2, -0.15) is 0 Å². The number of hydrogen-bond donors (Lipinski definition) is 1. The number of aliphatic carboxylic acids is 1. The molecule has 0 heterocycles. The monoisotopic (exact) mass is 242 g/mol. The van der Waals surface area contributed by atoms with Crippen LogP contribution in [0.2, 0.25) is 5.02 Å². The lowest BCUT2D eigenvalue weighted by atomic mass is 10.2. The summed E-state index contributed by atoms with van der Waals surface area (Å²) in [5.41, 5.74) is 1.06. The van der Waals surface area contributed by atoms with E-state index < -0.39 is 5.97 Å². The number of ether oxygens (including phenoxy) is 1. The predicted octanol–water partition coefficient (Wildman–Crippen LogP) is 3.28. The van der Waals surface area contributed by atoms with Crippen LogP contribution in [0.1, 0.15) is 25.3 Å². The average molecular weight is 243 g/mol. The van der Waals surface area contributed by atoms with Crippen molar-refractivity contribution >= 4 is 17.6 Å². The Morgan fingerprint density at radius 3 is 2.88 bits per heavy atom. The van der Waals surface area contributed by atoms with Crippen molar-refractivity contribution in [3.63, 3.8) is 0 Å². The van der Waals surface area contributed by atoms with E-state index in [-0.39, 0.29) is 12.5 Å². The molecule has 0 saturated heterocycles. The third-order valence-electron chi connectivity index (χ3n) is 2.18. The van der Waals surface area contributed by atoms with E-state index in [1.54, 1.807) is 6.07 Å². The van der Waals surface area contributed by atoms with E-state index in [2.05, 4.69) is 0 Å². The van der Waals surface area contributed by atoms with Crippen molar-refractivity contribution in [1.82, 2.24) is 0 Å². The molecule has 0 aliphatic carbocycles. The van der Waals surface area contributed by atoms with Crippen molar-refractivity contribution in [3.05, 3.63) is 28.8 Å². The van der Waals surface area contributed by atoms with Gasteiger partial charge in [-0.05, 0) is 38.0 Å². The highest BCUT2D eigenvalue weighted by Gasteiger charge is 2.09. The second-order valence-electron chi connectivity index (χ2n) is 3.79. The van der Waals surface area contributed by atoms with Gasteiger partial charge in [0.15, 0.2) is 0 Å². The summed E-state index contributed by atoms with van der Waals surface area (Å²) in [4.78, 5) is 10.4. The maximum Gasteiger partial charge on any atom is 0.303 e. The summed E-state index contributed by atoms with van der Waals surface area (Å²) in [5, 5.41) is 9.09. The number of halogens is 1. The molecule has 88 valence electrons. The molecule has 1 N–H and O–H groups in total. The molecule has 1 atom stereocenters. The van der Waals surface area contributed by atoms with Gasteiger partial charge in [-0.1, -0.05) is 17.7 Å². The van der Waals surface area contributed by atoms with Gasteiger partial charge in [0.05, 0.1) is 11.1 Å². The van der Waals surface area contributed by atoms with Crippen LogP contribution in [0.3, 0.4) is 0 Å². The quantitative estimate of drug-likeness (QED) is 0.862. The lowest BCUT2D eigenvalue weighted by molar-refractivity contribution is -0.137. The molecular weight excluding hydrogens is 228 g/mol. The molecule has 1 aromatic rings. The topological polar surface area (TPSA) is 46.5 Å². The molecule has 1 aromatic carbocycles. The van der Waals surface area contributed by atoms with Crippen LogP contribution in [0, 0.1) is 6.92 Å². The lowest BCUT2D eigenvalue weighted by Gasteiger charge is -2.15. The maximum absolute atomic E-state index is 10.4. The Morgan fingerprint density at radius 1 is 1.56 bits per heavy atom. The third-order valence-corrected chi connectivity index (χ3v) is 2.49. The Labute approximate surface area is 100.0 Å². The predicted molar refractivity (Wildman–Crippen MR) is 63.1 cm³/mol. The van der Waals surface area contributed by atoms with Gasteiger partial charge < -0.3 is 9.84 Å². The first-order chi connectivity index (χ1) is 7.49. The Hall–Kier alpha value is -1.22. The largest absolute Gasteiger partial charge is 0.489 e. The van der Waals surface area contributed by atoms with Crippen LogP contribution in [0.25, 0.3) is 0 Å². The number of carboxylic acid groups (broad SMARTS) is 1. The smallest absolute Gasteiger partial charge is 0.303 e. The lowest BCUT2D eigenvalue weighted by Crippen LogP contribution is -2.14. The molecule has 0 aliphatic heterocycles. The molecule has 0 fully saturated rings. The second kappa shape index (κ2) is 5.75. The summed E-state index contributed by atoms with van der Waals surface area (Å²) in [6, 6.07) is 5.52. The van der Waals surface area contributed by atoms with Crippen LogP contribution in [0.4, 0.5) is 0 Å². The first-order valence-corrected chi connectivity index (χ1v) is 5.51. The van der Waals surface area contributed by atoms with Gasteiger partial charge in [-0.15, -0.1) is 0 Å². The Bertz CT molecular complexity index is 377. The minimum atomic E-state index is -0.814. The van der Waals surface area contributed by atoms with Gasteiger partial charge in [-0.25, -0.2) is 0 Å². The van der Waals surface area contributed by atoms with Gasteiger partial charge in [-0.3, -0.25) is 4.79 Å². The molecule has 4 heteroatoms. The molecule has 0 aromatic heterocycles. The third kappa shape index (κ3) is 4.11. The fraction of sp³-hybridized carbons (Fsp3) is 0.417. The zero-order valence-electron chi connectivity index (χ0n) is 9.37. The van der Waals surface area contributed by atoms with Gasteiger partial charge >= 0.3 is 5.97 Å². The summed E-state index contributed by atoms with van der Waals surface area (Å²) < 4.78 is 5.58. The van der Waals surface area contributed by atoms with Crippen LogP contribution in [-0.4, -0.2) is 17.2 Å². The van der Waals surface area contributed by atoms with Crippen molar-refractivity contribution in [1.29, 1.82) is 0 Å². The molecule has 0 aliphatic rings. The van der Waals surface area contributed by atoms with E-state index in [0.717, 1.165) is 5.56 Å². The minimum Gasteiger partial charge on any atom is -0.489 e. The van der Waals surface area contributed by atoms with Crippen LogP contribution in [0.5, 0.6) is 5.75 Å². The number of benzene rings is 1. The molecule has 1 unspecified atom stereocenters. The molecule has 1 rings (SSSR count). The SMILES string of the molecule is Cc1ccc(Cl)c(OC(C)CCC(=O)O)c1. The van der Waals surface area contributed by atoms with Crippen LogP contribution >= 0.6 is 11.6 Å². The Morgan fingerprint density at radius 2 is 2.25 bits per heavy atom. The number of carboxylic acids is 1. The van der Waals surface area contributed by atoms with Gasteiger partial charge in [0, 0.05) is 6.42 Å². The Kier molecular flexibility index (Phi) is 4.62. The van der Waals surface area contributed by atoms with Gasteiger partial charge in [0.25, 0.3) is 0 Å². The van der Waals surface area contributed by atoms with E-state index >= 15 is 0 Å². The average Bonchev–Trinajstić information content (AvgIpc) is 2.20. The normalized spacial score (nSPS) is 12.2.